The number of aliphatic hydroxyl groups excluding tert-OH is 2. The molecule has 0 bridgehead atoms. The zero-order valence-electron chi connectivity index (χ0n) is 16.0. The van der Waals surface area contributed by atoms with Crippen LogP contribution in [-0.2, 0) is 4.74 Å². The topological polar surface area (TPSA) is 113 Å². The number of aromatic nitrogens is 4. The first-order chi connectivity index (χ1) is 12.6. The van der Waals surface area contributed by atoms with E-state index in [0.29, 0.717) is 23.0 Å². The summed E-state index contributed by atoms with van der Waals surface area (Å²) in [5, 5.41) is 21.7. The normalized spacial score (nSPS) is 26.1. The van der Waals surface area contributed by atoms with E-state index in [1.807, 2.05) is 6.92 Å². The van der Waals surface area contributed by atoms with Crippen LogP contribution < -0.4 is 5.56 Å². The minimum atomic E-state index is -1.27. The van der Waals surface area contributed by atoms with E-state index in [2.05, 4.69) is 34.6 Å². The van der Waals surface area contributed by atoms with Crippen molar-refractivity contribution in [3.63, 3.8) is 0 Å². The molecule has 2 aromatic heterocycles. The SMILES string of the molecule is C=P(C)(C)CC[C@H]1OC(n2c(SCC)nc3c(=O)[nH]c(C)nc32)[C@H](O)[C@@H]1O. The molecule has 3 heterocycles. The monoisotopic (exact) mass is 414 g/mol. The largest absolute Gasteiger partial charge is 0.388 e. The molecule has 8 nitrogen and oxygen atoms in total. The van der Waals surface area contributed by atoms with E-state index < -0.39 is 31.4 Å². The number of imidazole rings is 1. The Morgan fingerprint density at radius 1 is 1.33 bits per heavy atom. The summed E-state index contributed by atoms with van der Waals surface area (Å²) in [6.07, 6.45) is 2.18. The van der Waals surface area contributed by atoms with Gasteiger partial charge in [0.15, 0.2) is 22.5 Å². The van der Waals surface area contributed by atoms with Gasteiger partial charge in [0.25, 0.3) is 5.56 Å². The van der Waals surface area contributed by atoms with Gasteiger partial charge in [-0.3, -0.25) is 9.36 Å². The lowest BCUT2D eigenvalue weighted by Crippen LogP contribution is -2.32. The summed E-state index contributed by atoms with van der Waals surface area (Å²) in [7, 11) is 0. The summed E-state index contributed by atoms with van der Waals surface area (Å²) >= 11 is 1.43. The molecule has 0 radical (unpaired) electrons. The van der Waals surface area contributed by atoms with Gasteiger partial charge in [0, 0.05) is 0 Å². The van der Waals surface area contributed by atoms with Crippen LogP contribution in [0.3, 0.4) is 0 Å². The van der Waals surface area contributed by atoms with Crippen molar-refractivity contribution in [3.05, 3.63) is 16.2 Å². The number of fused-ring (bicyclic) bond motifs is 1. The minimum absolute atomic E-state index is 0.204. The smallest absolute Gasteiger partial charge is 0.279 e. The van der Waals surface area contributed by atoms with Crippen LogP contribution in [0.25, 0.3) is 11.2 Å². The fourth-order valence-corrected chi connectivity index (χ4v) is 4.89. The average Bonchev–Trinajstić information content (AvgIpc) is 3.04. The third-order valence-electron chi connectivity index (χ3n) is 4.52. The molecule has 0 saturated carbocycles. The van der Waals surface area contributed by atoms with Crippen LogP contribution in [0.5, 0.6) is 0 Å². The molecule has 27 heavy (non-hydrogen) atoms. The number of ether oxygens (including phenoxy) is 1. The van der Waals surface area contributed by atoms with Crippen molar-refractivity contribution >= 4 is 36.1 Å². The number of aromatic amines is 1. The number of aliphatic hydroxyl groups is 2. The molecule has 1 fully saturated rings. The molecule has 0 aliphatic carbocycles. The number of nitrogens with one attached hydrogen (secondary N) is 1. The summed E-state index contributed by atoms with van der Waals surface area (Å²) in [6, 6.07) is 0. The van der Waals surface area contributed by atoms with Gasteiger partial charge in [-0.15, -0.1) is 13.2 Å². The molecule has 0 aromatic carbocycles. The van der Waals surface area contributed by atoms with Gasteiger partial charge >= 0.3 is 0 Å². The van der Waals surface area contributed by atoms with Gasteiger partial charge < -0.3 is 19.9 Å². The van der Waals surface area contributed by atoms with E-state index in [1.165, 1.54) is 11.8 Å². The first-order valence-corrected chi connectivity index (χ1v) is 13.0. The maximum Gasteiger partial charge on any atom is 0.279 e. The van der Waals surface area contributed by atoms with Gasteiger partial charge in [0.1, 0.15) is 18.0 Å². The van der Waals surface area contributed by atoms with Crippen molar-refractivity contribution in [3.8, 4) is 0 Å². The third-order valence-corrected chi connectivity index (χ3v) is 6.82. The third kappa shape index (κ3) is 4.17. The van der Waals surface area contributed by atoms with Gasteiger partial charge in [-0.25, -0.2) is 9.97 Å². The lowest BCUT2D eigenvalue weighted by atomic mass is 10.1. The number of nitrogens with zero attached hydrogens (tertiary/aromatic N) is 3. The first kappa shape index (κ1) is 20.6. The molecule has 1 unspecified atom stereocenters. The highest BCUT2D eigenvalue weighted by atomic mass is 32.2. The maximum atomic E-state index is 12.3. The molecular weight excluding hydrogens is 387 g/mol. The molecule has 2 aromatic rings. The maximum absolute atomic E-state index is 12.3. The summed E-state index contributed by atoms with van der Waals surface area (Å²) in [5.74, 6) is 1.18. The molecule has 0 spiro atoms. The van der Waals surface area contributed by atoms with Crippen molar-refractivity contribution in [1.29, 1.82) is 0 Å². The highest BCUT2D eigenvalue weighted by Crippen LogP contribution is 2.40. The standard InChI is InChI=1S/C17H27N4O4PS/c1-6-27-17-20-11-14(18-9(2)19-15(11)24)21(17)16-13(23)12(22)10(25-16)7-8-26(3,4)5/h10,12-13,16,22-23H,3,6-8H2,1-2,4-5H3,(H,18,19,24)/t10-,12-,13-,16?/m1/s1. The molecular formula is C17H27N4O4PS. The fraction of sp³-hybridized carbons (Fsp3) is 0.647. The zero-order valence-corrected chi connectivity index (χ0v) is 17.8. The fourth-order valence-electron chi connectivity index (χ4n) is 3.19. The van der Waals surface area contributed by atoms with Crippen LogP contribution in [0.15, 0.2) is 9.95 Å². The number of H-pyrrole nitrogens is 1. The van der Waals surface area contributed by atoms with Crippen molar-refractivity contribution < 1.29 is 14.9 Å². The summed E-state index contributed by atoms with van der Waals surface area (Å²) in [4.78, 5) is 23.7. The van der Waals surface area contributed by atoms with E-state index in [1.54, 1.807) is 11.5 Å². The van der Waals surface area contributed by atoms with Crippen molar-refractivity contribution in [2.24, 2.45) is 0 Å². The Morgan fingerprint density at radius 3 is 2.67 bits per heavy atom. The van der Waals surface area contributed by atoms with E-state index in [9.17, 15) is 15.0 Å². The summed E-state index contributed by atoms with van der Waals surface area (Å²) in [5.41, 5.74) is 0.228. The van der Waals surface area contributed by atoms with E-state index in [0.717, 1.165) is 11.9 Å². The van der Waals surface area contributed by atoms with Crippen LogP contribution in [-0.4, -0.2) is 79.6 Å². The highest BCUT2D eigenvalue weighted by molar-refractivity contribution is 7.99. The molecule has 3 N–H and O–H groups in total. The molecule has 10 heteroatoms. The number of aryl methyl sites for hydroxylation is 1. The van der Waals surface area contributed by atoms with Crippen LogP contribution in [0.1, 0.15) is 25.4 Å². The molecule has 3 rings (SSSR count). The first-order valence-electron chi connectivity index (χ1n) is 8.93. The van der Waals surface area contributed by atoms with Crippen LogP contribution in [0, 0.1) is 6.92 Å². The van der Waals surface area contributed by atoms with Gasteiger partial charge in [-0.1, -0.05) is 18.7 Å². The van der Waals surface area contributed by atoms with Crippen LogP contribution in [0.2, 0.25) is 0 Å². The Kier molecular flexibility index (Phi) is 5.89. The second-order valence-electron chi connectivity index (χ2n) is 7.52. The number of thioether (sulfide) groups is 1. The minimum Gasteiger partial charge on any atom is -0.388 e. The Morgan fingerprint density at radius 2 is 2.04 bits per heavy atom. The Labute approximate surface area is 162 Å². The quantitative estimate of drug-likeness (QED) is 0.482. The second-order valence-corrected chi connectivity index (χ2v) is 13.1. The highest BCUT2D eigenvalue weighted by Gasteiger charge is 2.45. The van der Waals surface area contributed by atoms with Crippen molar-refractivity contribution in [1.82, 2.24) is 19.5 Å². The lowest BCUT2D eigenvalue weighted by Gasteiger charge is -2.19. The zero-order chi connectivity index (χ0) is 19.9. The van der Waals surface area contributed by atoms with Gasteiger partial charge in [0.2, 0.25) is 0 Å². The lowest BCUT2D eigenvalue weighted by molar-refractivity contribution is -0.0400. The van der Waals surface area contributed by atoms with Crippen molar-refractivity contribution in [2.45, 2.75) is 50.0 Å². The molecule has 1 saturated heterocycles. The molecule has 1 aliphatic heterocycles. The van der Waals surface area contributed by atoms with Gasteiger partial charge in [-0.05, 0) is 38.6 Å². The van der Waals surface area contributed by atoms with E-state index in [-0.39, 0.29) is 11.1 Å². The molecule has 4 atom stereocenters. The summed E-state index contributed by atoms with van der Waals surface area (Å²) in [6.45, 7) is 6.64. The predicted octanol–water partition coefficient (Wildman–Crippen LogP) is 1.26. The van der Waals surface area contributed by atoms with Crippen LogP contribution in [0.4, 0.5) is 0 Å². The van der Waals surface area contributed by atoms with Gasteiger partial charge in [0.05, 0.1) is 6.10 Å². The molecule has 0 amide bonds. The van der Waals surface area contributed by atoms with Crippen molar-refractivity contribution in [2.75, 3.05) is 25.2 Å². The number of hydrogen-bond donors (Lipinski definition) is 3. The van der Waals surface area contributed by atoms with Gasteiger partial charge in [-0.2, -0.15) is 0 Å². The van der Waals surface area contributed by atoms with Crippen LogP contribution >= 0.6 is 18.6 Å². The Hall–Kier alpha value is -1.12. The predicted molar refractivity (Wildman–Crippen MR) is 111 cm³/mol. The summed E-state index contributed by atoms with van der Waals surface area (Å²) < 4.78 is 7.69. The Bertz CT molecular complexity index is 937. The average molecular weight is 414 g/mol. The second kappa shape index (κ2) is 7.72. The van der Waals surface area contributed by atoms with E-state index >= 15 is 0 Å². The number of rotatable bonds is 6. The molecule has 1 aliphatic rings. The molecule has 150 valence electrons. The number of hydrogen-bond acceptors (Lipinski definition) is 7. The van der Waals surface area contributed by atoms with E-state index in [4.69, 9.17) is 4.74 Å². The Balaban J connectivity index is 2.02.